The van der Waals surface area contributed by atoms with E-state index in [1.165, 1.54) is 6.33 Å². The summed E-state index contributed by atoms with van der Waals surface area (Å²) in [5.41, 5.74) is 2.42. The molecule has 1 amide bonds. The van der Waals surface area contributed by atoms with Crippen molar-refractivity contribution in [3.8, 4) is 0 Å². The van der Waals surface area contributed by atoms with Crippen molar-refractivity contribution in [1.82, 2.24) is 30.3 Å². The van der Waals surface area contributed by atoms with Crippen molar-refractivity contribution in [2.45, 2.75) is 6.54 Å². The zero-order valence-electron chi connectivity index (χ0n) is 12.4. The summed E-state index contributed by atoms with van der Waals surface area (Å²) >= 11 is 0. The molecule has 0 aliphatic carbocycles. The molecule has 1 N–H and O–H groups in total. The third-order valence-electron chi connectivity index (χ3n) is 3.79. The van der Waals surface area contributed by atoms with E-state index in [4.69, 9.17) is 0 Å². The Morgan fingerprint density at radius 3 is 2.87 bits per heavy atom. The smallest absolute Gasteiger partial charge is 0.239 e. The molecule has 0 saturated carbocycles. The summed E-state index contributed by atoms with van der Waals surface area (Å²) in [6.07, 6.45) is 1.50. The van der Waals surface area contributed by atoms with E-state index in [1.54, 1.807) is 4.68 Å². The van der Waals surface area contributed by atoms with Gasteiger partial charge in [-0.1, -0.05) is 35.5 Å². The number of amides is 1. The summed E-state index contributed by atoms with van der Waals surface area (Å²) in [6, 6.07) is 10.0. The van der Waals surface area contributed by atoms with Gasteiger partial charge in [-0.05, 0) is 5.56 Å². The van der Waals surface area contributed by atoms with Crippen molar-refractivity contribution in [2.75, 3.05) is 24.5 Å². The van der Waals surface area contributed by atoms with E-state index in [-0.39, 0.29) is 12.5 Å². The molecular weight excluding hydrogens is 294 g/mol. The van der Waals surface area contributed by atoms with Crippen LogP contribution in [0, 0.1) is 0 Å². The first-order chi connectivity index (χ1) is 11.3. The van der Waals surface area contributed by atoms with Gasteiger partial charge >= 0.3 is 0 Å². The largest absolute Gasteiger partial charge is 0.353 e. The molecule has 1 fully saturated rings. The summed E-state index contributed by atoms with van der Waals surface area (Å²) in [5.74, 6) is 0.642. The number of nitrogens with zero attached hydrogens (tertiary/aromatic N) is 6. The lowest BCUT2D eigenvalue weighted by Crippen LogP contribution is -2.48. The first-order valence-corrected chi connectivity index (χ1v) is 7.41. The van der Waals surface area contributed by atoms with E-state index < -0.39 is 0 Å². The third-order valence-corrected chi connectivity index (χ3v) is 3.79. The summed E-state index contributed by atoms with van der Waals surface area (Å²) in [4.78, 5) is 22.1. The highest BCUT2D eigenvalue weighted by Crippen LogP contribution is 2.21. The van der Waals surface area contributed by atoms with Gasteiger partial charge in [0.05, 0.1) is 13.1 Å². The molecule has 0 radical (unpaired) electrons. The van der Waals surface area contributed by atoms with Crippen LogP contribution >= 0.6 is 0 Å². The molecule has 8 nitrogen and oxygen atoms in total. The zero-order valence-corrected chi connectivity index (χ0v) is 12.4. The van der Waals surface area contributed by atoms with E-state index in [1.807, 2.05) is 35.2 Å². The fourth-order valence-electron chi connectivity index (χ4n) is 2.69. The summed E-state index contributed by atoms with van der Waals surface area (Å²) in [7, 11) is 0. The van der Waals surface area contributed by atoms with Crippen molar-refractivity contribution in [3.63, 3.8) is 0 Å². The van der Waals surface area contributed by atoms with Gasteiger partial charge in [0.25, 0.3) is 0 Å². The normalized spacial score (nSPS) is 15.0. The Bertz CT molecular complexity index is 845. The minimum Gasteiger partial charge on any atom is -0.353 e. The Balaban J connectivity index is 1.70. The number of nitrogens with one attached hydrogen (secondary N) is 1. The highest BCUT2D eigenvalue weighted by molar-refractivity contribution is 5.88. The molecule has 0 spiro atoms. The maximum atomic E-state index is 11.6. The average Bonchev–Trinajstić information content (AvgIpc) is 2.99. The van der Waals surface area contributed by atoms with Crippen LogP contribution in [0.4, 0.5) is 5.82 Å². The fraction of sp³-hybridized carbons (Fsp3) is 0.267. The predicted octanol–water partition coefficient (Wildman–Crippen LogP) is 0.206. The average molecular weight is 309 g/mol. The number of piperazine rings is 1. The molecule has 1 aliphatic heterocycles. The number of anilines is 1. The van der Waals surface area contributed by atoms with Crippen LogP contribution in [0.25, 0.3) is 11.2 Å². The number of benzene rings is 1. The molecule has 0 atom stereocenters. The van der Waals surface area contributed by atoms with Crippen LogP contribution in [-0.2, 0) is 11.3 Å². The summed E-state index contributed by atoms with van der Waals surface area (Å²) < 4.78 is 1.75. The van der Waals surface area contributed by atoms with Crippen LogP contribution in [0.2, 0.25) is 0 Å². The highest BCUT2D eigenvalue weighted by atomic mass is 16.2. The molecule has 8 heteroatoms. The minimum atomic E-state index is -0.0142. The van der Waals surface area contributed by atoms with Crippen molar-refractivity contribution in [3.05, 3.63) is 42.2 Å². The molecule has 116 valence electrons. The molecule has 1 saturated heterocycles. The molecule has 0 bridgehead atoms. The van der Waals surface area contributed by atoms with E-state index in [0.717, 1.165) is 5.56 Å². The summed E-state index contributed by atoms with van der Waals surface area (Å²) in [5, 5.41) is 11.2. The van der Waals surface area contributed by atoms with Crippen molar-refractivity contribution in [2.24, 2.45) is 0 Å². The molecule has 3 aromatic rings. The second-order valence-electron chi connectivity index (χ2n) is 5.37. The molecule has 4 rings (SSSR count). The first kappa shape index (κ1) is 13.6. The SMILES string of the molecule is O=C1CN(c2ncnc3c2nnn3Cc2ccccc2)CCN1. The van der Waals surface area contributed by atoms with Crippen molar-refractivity contribution < 1.29 is 4.79 Å². The van der Waals surface area contributed by atoms with Crippen LogP contribution in [0.5, 0.6) is 0 Å². The lowest BCUT2D eigenvalue weighted by molar-refractivity contribution is -0.120. The van der Waals surface area contributed by atoms with Gasteiger partial charge in [-0.25, -0.2) is 14.6 Å². The summed E-state index contributed by atoms with van der Waals surface area (Å²) in [6.45, 7) is 2.16. The van der Waals surface area contributed by atoms with Gasteiger partial charge in [-0.15, -0.1) is 5.10 Å². The van der Waals surface area contributed by atoms with Crippen LogP contribution in [-0.4, -0.2) is 50.5 Å². The van der Waals surface area contributed by atoms with E-state index in [2.05, 4.69) is 25.6 Å². The lowest BCUT2D eigenvalue weighted by atomic mass is 10.2. The molecular formula is C15H15N7O. The van der Waals surface area contributed by atoms with Gasteiger partial charge in [0.2, 0.25) is 5.91 Å². The number of hydrogen-bond donors (Lipinski definition) is 1. The van der Waals surface area contributed by atoms with Crippen molar-refractivity contribution in [1.29, 1.82) is 0 Å². The topological polar surface area (TPSA) is 88.8 Å². The molecule has 1 aromatic carbocycles. The van der Waals surface area contributed by atoms with Gasteiger partial charge in [0.1, 0.15) is 6.33 Å². The van der Waals surface area contributed by atoms with Crippen molar-refractivity contribution >= 4 is 22.9 Å². The molecule has 0 unspecified atom stereocenters. The molecule has 3 heterocycles. The number of aromatic nitrogens is 5. The van der Waals surface area contributed by atoms with E-state index >= 15 is 0 Å². The monoisotopic (exact) mass is 309 g/mol. The number of fused-ring (bicyclic) bond motifs is 1. The van der Waals surface area contributed by atoms with E-state index in [0.29, 0.717) is 36.6 Å². The predicted molar refractivity (Wildman–Crippen MR) is 83.9 cm³/mol. The van der Waals surface area contributed by atoms with Gasteiger partial charge in [0, 0.05) is 13.1 Å². The minimum absolute atomic E-state index is 0.0142. The maximum absolute atomic E-state index is 11.6. The van der Waals surface area contributed by atoms with Crippen LogP contribution < -0.4 is 10.2 Å². The number of carbonyl (C=O) groups is 1. The number of carbonyl (C=O) groups excluding carboxylic acids is 1. The Morgan fingerprint density at radius 2 is 2.04 bits per heavy atom. The lowest BCUT2D eigenvalue weighted by Gasteiger charge is -2.27. The Kier molecular flexibility index (Phi) is 3.34. The molecule has 23 heavy (non-hydrogen) atoms. The van der Waals surface area contributed by atoms with Gasteiger partial charge in [-0.3, -0.25) is 4.79 Å². The second-order valence-corrected chi connectivity index (χ2v) is 5.37. The van der Waals surface area contributed by atoms with Gasteiger partial charge < -0.3 is 10.2 Å². The number of hydrogen-bond acceptors (Lipinski definition) is 6. The quantitative estimate of drug-likeness (QED) is 0.744. The zero-order chi connectivity index (χ0) is 15.6. The van der Waals surface area contributed by atoms with Gasteiger partial charge in [-0.2, -0.15) is 0 Å². The first-order valence-electron chi connectivity index (χ1n) is 7.41. The Morgan fingerprint density at radius 1 is 1.17 bits per heavy atom. The highest BCUT2D eigenvalue weighted by Gasteiger charge is 2.22. The van der Waals surface area contributed by atoms with Crippen LogP contribution in [0.1, 0.15) is 5.56 Å². The standard InChI is InChI=1S/C15H15N7O/c23-12-9-21(7-6-16-12)14-13-15(18-10-17-14)22(20-19-13)8-11-4-2-1-3-5-11/h1-5,10H,6-9H2,(H,16,23). The Labute approximate surface area is 132 Å². The molecule has 1 aliphatic rings. The molecule has 2 aromatic heterocycles. The number of rotatable bonds is 3. The second kappa shape index (κ2) is 5.64. The third kappa shape index (κ3) is 2.59. The van der Waals surface area contributed by atoms with Crippen LogP contribution in [0.3, 0.4) is 0 Å². The van der Waals surface area contributed by atoms with E-state index in [9.17, 15) is 4.79 Å². The Hall–Kier alpha value is -3.03. The fourth-order valence-corrected chi connectivity index (χ4v) is 2.69. The van der Waals surface area contributed by atoms with Gasteiger partial charge in [0.15, 0.2) is 17.0 Å². The van der Waals surface area contributed by atoms with Crippen LogP contribution in [0.15, 0.2) is 36.7 Å². The maximum Gasteiger partial charge on any atom is 0.239 e.